The fourth-order valence-electron chi connectivity index (χ4n) is 1.86. The van der Waals surface area contributed by atoms with Crippen molar-refractivity contribution in [1.29, 1.82) is 5.26 Å². The molecule has 3 atom stereocenters. The van der Waals surface area contributed by atoms with E-state index in [-0.39, 0.29) is 0 Å². The van der Waals surface area contributed by atoms with Crippen LogP contribution in [0.3, 0.4) is 0 Å². The molecule has 2 saturated carbocycles. The van der Waals surface area contributed by atoms with Crippen molar-refractivity contribution < 1.29 is 4.74 Å². The molecule has 2 aliphatic rings. The van der Waals surface area contributed by atoms with Crippen LogP contribution >= 0.6 is 0 Å². The second-order valence-electron chi connectivity index (χ2n) is 2.98. The predicted octanol–water partition coefficient (Wildman–Crippen LogP) is 1.28. The Morgan fingerprint density at radius 1 is 1.44 bits per heavy atom. The number of nitrogens with zero attached hydrogens (tertiary/aromatic N) is 1. The number of rotatable bonds is 1. The van der Waals surface area contributed by atoms with E-state index in [9.17, 15) is 0 Å². The largest absolute Gasteiger partial charge is 0.424 e. The standard InChI is InChI=1S/C7H9NO/c8-4-9-7-2-1-5-3-6(5)7/h5-7H,1-3H2. The van der Waals surface area contributed by atoms with E-state index in [1.807, 2.05) is 0 Å². The van der Waals surface area contributed by atoms with Gasteiger partial charge in [0.15, 0.2) is 0 Å². The lowest BCUT2D eigenvalue weighted by Crippen LogP contribution is -2.07. The molecule has 48 valence electrons. The van der Waals surface area contributed by atoms with Gasteiger partial charge in [-0.2, -0.15) is 5.26 Å². The fraction of sp³-hybridized carbons (Fsp3) is 0.857. The minimum absolute atomic E-state index is 0.292. The molecule has 0 aromatic heterocycles. The molecular weight excluding hydrogens is 114 g/mol. The summed E-state index contributed by atoms with van der Waals surface area (Å²) in [6.45, 7) is 0. The first-order valence-corrected chi connectivity index (χ1v) is 3.46. The quantitative estimate of drug-likeness (QED) is 0.492. The molecule has 0 aromatic rings. The maximum atomic E-state index is 8.19. The van der Waals surface area contributed by atoms with Crippen LogP contribution in [0.5, 0.6) is 0 Å². The maximum absolute atomic E-state index is 8.19. The Labute approximate surface area is 54.4 Å². The SMILES string of the molecule is N#COC1CCC2CC21. The van der Waals surface area contributed by atoms with E-state index in [0.29, 0.717) is 6.10 Å². The molecule has 2 fully saturated rings. The van der Waals surface area contributed by atoms with Crippen molar-refractivity contribution in [3.63, 3.8) is 0 Å². The third-order valence-corrected chi connectivity index (χ3v) is 2.48. The summed E-state index contributed by atoms with van der Waals surface area (Å²) in [4.78, 5) is 0. The average molecular weight is 123 g/mol. The summed E-state index contributed by atoms with van der Waals surface area (Å²) in [6, 6.07) is 0. The molecule has 2 rings (SSSR count). The number of hydrogen-bond acceptors (Lipinski definition) is 2. The van der Waals surface area contributed by atoms with Crippen molar-refractivity contribution in [3.05, 3.63) is 0 Å². The van der Waals surface area contributed by atoms with Crippen LogP contribution in [-0.4, -0.2) is 6.10 Å². The van der Waals surface area contributed by atoms with Crippen molar-refractivity contribution in [1.82, 2.24) is 0 Å². The van der Waals surface area contributed by atoms with Crippen LogP contribution in [0.25, 0.3) is 0 Å². The zero-order valence-corrected chi connectivity index (χ0v) is 5.21. The van der Waals surface area contributed by atoms with Crippen LogP contribution in [0.15, 0.2) is 0 Å². The molecule has 0 radical (unpaired) electrons. The lowest BCUT2D eigenvalue weighted by Gasteiger charge is -2.05. The molecule has 0 N–H and O–H groups in total. The summed E-state index contributed by atoms with van der Waals surface area (Å²) in [7, 11) is 0. The van der Waals surface area contributed by atoms with Gasteiger partial charge < -0.3 is 4.74 Å². The minimum atomic E-state index is 0.292. The van der Waals surface area contributed by atoms with Crippen molar-refractivity contribution in [2.24, 2.45) is 11.8 Å². The topological polar surface area (TPSA) is 33.0 Å². The van der Waals surface area contributed by atoms with Crippen LogP contribution < -0.4 is 0 Å². The Morgan fingerprint density at radius 3 is 2.78 bits per heavy atom. The van der Waals surface area contributed by atoms with Gasteiger partial charge in [-0.25, -0.2) is 0 Å². The van der Waals surface area contributed by atoms with Gasteiger partial charge in [-0.1, -0.05) is 0 Å². The zero-order valence-electron chi connectivity index (χ0n) is 5.21. The van der Waals surface area contributed by atoms with Crippen molar-refractivity contribution in [3.8, 4) is 6.26 Å². The van der Waals surface area contributed by atoms with Gasteiger partial charge in [0.1, 0.15) is 6.10 Å². The van der Waals surface area contributed by atoms with E-state index in [0.717, 1.165) is 18.3 Å². The summed E-state index contributed by atoms with van der Waals surface area (Å²) < 4.78 is 4.86. The molecule has 0 heterocycles. The molecule has 9 heavy (non-hydrogen) atoms. The highest BCUT2D eigenvalue weighted by atomic mass is 16.5. The van der Waals surface area contributed by atoms with Crippen molar-refractivity contribution in [2.45, 2.75) is 25.4 Å². The number of hydrogen-bond donors (Lipinski definition) is 0. The lowest BCUT2D eigenvalue weighted by molar-refractivity contribution is 0.147. The third kappa shape index (κ3) is 0.682. The third-order valence-electron chi connectivity index (χ3n) is 2.48. The number of fused-ring (bicyclic) bond motifs is 1. The summed E-state index contributed by atoms with van der Waals surface area (Å²) >= 11 is 0. The Kier molecular flexibility index (Phi) is 0.926. The van der Waals surface area contributed by atoms with Crippen LogP contribution in [-0.2, 0) is 4.74 Å². The highest BCUT2D eigenvalue weighted by Gasteiger charge is 2.49. The summed E-state index contributed by atoms with van der Waals surface area (Å²) in [5, 5.41) is 8.19. The molecule has 2 aliphatic carbocycles. The van der Waals surface area contributed by atoms with Crippen molar-refractivity contribution in [2.75, 3.05) is 0 Å². The normalized spacial score (nSPS) is 45.4. The van der Waals surface area contributed by atoms with E-state index < -0.39 is 0 Å². The monoisotopic (exact) mass is 123 g/mol. The second-order valence-corrected chi connectivity index (χ2v) is 2.98. The average Bonchev–Trinajstić information content (AvgIpc) is 2.54. The first kappa shape index (κ1) is 5.10. The molecule has 0 saturated heterocycles. The molecule has 0 bridgehead atoms. The Balaban J connectivity index is 1.92. The van der Waals surface area contributed by atoms with Gasteiger partial charge in [0.05, 0.1) is 0 Å². The van der Waals surface area contributed by atoms with E-state index in [2.05, 4.69) is 0 Å². The maximum Gasteiger partial charge on any atom is 0.286 e. The Hall–Kier alpha value is -0.710. The smallest absolute Gasteiger partial charge is 0.286 e. The van der Waals surface area contributed by atoms with E-state index in [1.54, 1.807) is 6.26 Å². The van der Waals surface area contributed by atoms with Crippen LogP contribution in [0.4, 0.5) is 0 Å². The molecule has 0 aromatic carbocycles. The molecule has 0 amide bonds. The molecule has 3 unspecified atom stereocenters. The van der Waals surface area contributed by atoms with Gasteiger partial charge in [0, 0.05) is 5.92 Å². The van der Waals surface area contributed by atoms with Gasteiger partial charge >= 0.3 is 0 Å². The predicted molar refractivity (Wildman–Crippen MR) is 31.3 cm³/mol. The van der Waals surface area contributed by atoms with E-state index in [1.165, 1.54) is 12.8 Å². The molecule has 0 aliphatic heterocycles. The van der Waals surface area contributed by atoms with Gasteiger partial charge in [-0.15, -0.1) is 0 Å². The fourth-order valence-corrected chi connectivity index (χ4v) is 1.86. The van der Waals surface area contributed by atoms with Gasteiger partial charge in [-0.05, 0) is 25.2 Å². The van der Waals surface area contributed by atoms with Crippen LogP contribution in [0, 0.1) is 23.4 Å². The van der Waals surface area contributed by atoms with Gasteiger partial charge in [0.2, 0.25) is 0 Å². The van der Waals surface area contributed by atoms with Crippen LogP contribution in [0.2, 0.25) is 0 Å². The highest BCUT2D eigenvalue weighted by molar-refractivity contribution is 4.99. The Morgan fingerprint density at radius 2 is 2.33 bits per heavy atom. The summed E-state index contributed by atoms with van der Waals surface area (Å²) in [6.07, 6.45) is 5.77. The second kappa shape index (κ2) is 1.63. The lowest BCUT2D eigenvalue weighted by atomic mass is 10.2. The summed E-state index contributed by atoms with van der Waals surface area (Å²) in [5.41, 5.74) is 0. The van der Waals surface area contributed by atoms with Crippen LogP contribution in [0.1, 0.15) is 19.3 Å². The molecule has 2 nitrogen and oxygen atoms in total. The van der Waals surface area contributed by atoms with E-state index in [4.69, 9.17) is 10.00 Å². The molecule has 2 heteroatoms. The van der Waals surface area contributed by atoms with Crippen molar-refractivity contribution >= 4 is 0 Å². The summed E-state index contributed by atoms with van der Waals surface area (Å²) in [5.74, 6) is 1.67. The highest BCUT2D eigenvalue weighted by Crippen LogP contribution is 2.52. The zero-order chi connectivity index (χ0) is 6.27. The Bertz CT molecular complexity index is 161. The number of nitriles is 1. The first-order valence-electron chi connectivity index (χ1n) is 3.46. The molecule has 0 spiro atoms. The minimum Gasteiger partial charge on any atom is -0.424 e. The van der Waals surface area contributed by atoms with Gasteiger partial charge in [-0.3, -0.25) is 0 Å². The van der Waals surface area contributed by atoms with E-state index >= 15 is 0 Å². The first-order chi connectivity index (χ1) is 4.42. The van der Waals surface area contributed by atoms with Gasteiger partial charge in [0.25, 0.3) is 6.26 Å². The molecular formula is C7H9NO. The number of ether oxygens (including phenoxy) is 1.